The maximum atomic E-state index is 6.15. The van der Waals surface area contributed by atoms with E-state index in [4.69, 9.17) is 21.1 Å². The third-order valence-corrected chi connectivity index (χ3v) is 4.98. The van der Waals surface area contributed by atoms with Crippen LogP contribution in [-0.4, -0.2) is 24.9 Å². The van der Waals surface area contributed by atoms with Crippen molar-refractivity contribution in [3.8, 4) is 0 Å². The molecule has 19 heavy (non-hydrogen) atoms. The summed E-state index contributed by atoms with van der Waals surface area (Å²) in [4.78, 5) is 0. The summed E-state index contributed by atoms with van der Waals surface area (Å²) in [5, 5.41) is 0.381. The van der Waals surface area contributed by atoms with Crippen LogP contribution in [0.25, 0.3) is 0 Å². The largest absolute Gasteiger partial charge is 0.352 e. The Bertz CT molecular complexity index is 231. The van der Waals surface area contributed by atoms with Crippen molar-refractivity contribution in [3.05, 3.63) is 0 Å². The Morgan fingerprint density at radius 3 is 2.26 bits per heavy atom. The van der Waals surface area contributed by atoms with Crippen molar-refractivity contribution in [2.45, 2.75) is 76.4 Å². The first-order valence-corrected chi connectivity index (χ1v) is 8.60. The summed E-state index contributed by atoms with van der Waals surface area (Å²) in [6, 6.07) is 0. The molecule has 2 aliphatic rings. The molecule has 0 aromatic rings. The van der Waals surface area contributed by atoms with Crippen molar-refractivity contribution in [1.82, 2.24) is 0 Å². The second-order valence-corrected chi connectivity index (χ2v) is 6.88. The minimum atomic E-state index is 0.0519. The lowest BCUT2D eigenvalue weighted by Crippen LogP contribution is -2.38. The van der Waals surface area contributed by atoms with Gasteiger partial charge in [0.1, 0.15) is 0 Å². The SMILES string of the molecule is CCCCCC[C@H]1CO[C@H](C2CCC(Cl)CC2)OC1. The highest BCUT2D eigenvalue weighted by Gasteiger charge is 2.31. The first-order chi connectivity index (χ1) is 9.29. The number of halogens is 1. The molecule has 1 saturated carbocycles. The lowest BCUT2D eigenvalue weighted by Gasteiger charge is -2.36. The number of rotatable bonds is 6. The summed E-state index contributed by atoms with van der Waals surface area (Å²) < 4.78 is 11.9. The molecule has 0 bridgehead atoms. The van der Waals surface area contributed by atoms with Crippen LogP contribution < -0.4 is 0 Å². The zero-order chi connectivity index (χ0) is 13.5. The van der Waals surface area contributed by atoms with E-state index in [0.717, 1.165) is 26.1 Å². The summed E-state index contributed by atoms with van der Waals surface area (Å²) in [6.45, 7) is 4.06. The molecule has 0 aromatic carbocycles. The van der Waals surface area contributed by atoms with Gasteiger partial charge in [0, 0.05) is 17.2 Å². The highest BCUT2D eigenvalue weighted by molar-refractivity contribution is 6.20. The quantitative estimate of drug-likeness (QED) is 0.519. The van der Waals surface area contributed by atoms with Crippen molar-refractivity contribution < 1.29 is 9.47 Å². The third kappa shape index (κ3) is 5.24. The van der Waals surface area contributed by atoms with Gasteiger partial charge < -0.3 is 9.47 Å². The molecule has 0 amide bonds. The molecule has 1 aliphatic carbocycles. The second-order valence-electron chi connectivity index (χ2n) is 6.26. The predicted octanol–water partition coefficient (Wildman–Crippen LogP) is 4.74. The summed E-state index contributed by atoms with van der Waals surface area (Å²) >= 11 is 6.15. The molecule has 1 aliphatic heterocycles. The molecule has 1 heterocycles. The average Bonchev–Trinajstić information content (AvgIpc) is 2.45. The van der Waals surface area contributed by atoms with E-state index < -0.39 is 0 Å². The van der Waals surface area contributed by atoms with Gasteiger partial charge in [-0.15, -0.1) is 11.6 Å². The van der Waals surface area contributed by atoms with Crippen molar-refractivity contribution >= 4 is 11.6 Å². The van der Waals surface area contributed by atoms with Gasteiger partial charge in [-0.25, -0.2) is 0 Å². The Balaban J connectivity index is 1.59. The van der Waals surface area contributed by atoms with Crippen LogP contribution >= 0.6 is 11.6 Å². The number of unbranched alkanes of at least 4 members (excludes halogenated alkanes) is 3. The van der Waals surface area contributed by atoms with Crippen LogP contribution in [0.2, 0.25) is 0 Å². The first kappa shape index (κ1) is 15.6. The van der Waals surface area contributed by atoms with Gasteiger partial charge in [-0.1, -0.05) is 32.6 Å². The monoisotopic (exact) mass is 288 g/mol. The highest BCUT2D eigenvalue weighted by Crippen LogP contribution is 2.33. The smallest absolute Gasteiger partial charge is 0.160 e. The Kier molecular flexibility index (Phi) is 6.97. The molecule has 1 saturated heterocycles. The summed E-state index contributed by atoms with van der Waals surface area (Å²) in [6.07, 6.45) is 11.2. The van der Waals surface area contributed by atoms with Gasteiger partial charge in [-0.2, -0.15) is 0 Å². The first-order valence-electron chi connectivity index (χ1n) is 8.17. The summed E-state index contributed by atoms with van der Waals surface area (Å²) in [5.74, 6) is 1.20. The zero-order valence-electron chi connectivity index (χ0n) is 12.3. The Morgan fingerprint density at radius 2 is 1.63 bits per heavy atom. The van der Waals surface area contributed by atoms with Crippen molar-refractivity contribution in [1.29, 1.82) is 0 Å². The molecule has 0 aromatic heterocycles. The number of hydrogen-bond donors (Lipinski definition) is 0. The van der Waals surface area contributed by atoms with E-state index in [2.05, 4.69) is 6.92 Å². The van der Waals surface area contributed by atoms with E-state index in [1.165, 1.54) is 44.9 Å². The standard InChI is InChI=1S/C16H29ClO2/c1-2-3-4-5-6-13-11-18-16(19-12-13)14-7-9-15(17)10-8-14/h13-16H,2-12H2,1H3/t13-,14?,15?,16-. The Hall–Kier alpha value is 0.210. The van der Waals surface area contributed by atoms with Crippen molar-refractivity contribution in [2.75, 3.05) is 13.2 Å². The Labute approximate surface area is 123 Å². The molecule has 0 radical (unpaired) electrons. The predicted molar refractivity (Wildman–Crippen MR) is 79.5 cm³/mol. The molecule has 112 valence electrons. The number of alkyl halides is 1. The van der Waals surface area contributed by atoms with E-state index in [0.29, 0.717) is 17.2 Å². The fraction of sp³-hybridized carbons (Fsp3) is 1.00. The van der Waals surface area contributed by atoms with E-state index >= 15 is 0 Å². The zero-order valence-corrected chi connectivity index (χ0v) is 13.0. The van der Waals surface area contributed by atoms with Crippen LogP contribution in [0.15, 0.2) is 0 Å². The normalized spacial score (nSPS) is 36.3. The van der Waals surface area contributed by atoms with Gasteiger partial charge in [0.15, 0.2) is 6.29 Å². The van der Waals surface area contributed by atoms with Gasteiger partial charge in [0.05, 0.1) is 13.2 Å². The lowest BCUT2D eigenvalue weighted by molar-refractivity contribution is -0.228. The van der Waals surface area contributed by atoms with Gasteiger partial charge in [0.25, 0.3) is 0 Å². The fourth-order valence-electron chi connectivity index (χ4n) is 3.21. The molecule has 0 atom stereocenters. The van der Waals surface area contributed by atoms with Crippen molar-refractivity contribution in [2.24, 2.45) is 11.8 Å². The second kappa shape index (κ2) is 8.49. The molecule has 0 spiro atoms. The van der Waals surface area contributed by atoms with Crippen LogP contribution in [-0.2, 0) is 9.47 Å². The van der Waals surface area contributed by atoms with Gasteiger partial charge in [-0.05, 0) is 32.1 Å². The Morgan fingerprint density at radius 1 is 0.947 bits per heavy atom. The maximum absolute atomic E-state index is 6.15. The van der Waals surface area contributed by atoms with Gasteiger partial charge in [0.2, 0.25) is 0 Å². The summed E-state index contributed by atoms with van der Waals surface area (Å²) in [7, 11) is 0. The van der Waals surface area contributed by atoms with Crippen LogP contribution in [0.4, 0.5) is 0 Å². The van der Waals surface area contributed by atoms with E-state index in [1.807, 2.05) is 0 Å². The fourth-order valence-corrected chi connectivity index (χ4v) is 3.46. The lowest BCUT2D eigenvalue weighted by atomic mass is 9.88. The topological polar surface area (TPSA) is 18.5 Å². The van der Waals surface area contributed by atoms with E-state index in [9.17, 15) is 0 Å². The highest BCUT2D eigenvalue weighted by atomic mass is 35.5. The molecular weight excluding hydrogens is 260 g/mol. The van der Waals surface area contributed by atoms with E-state index in [-0.39, 0.29) is 6.29 Å². The minimum absolute atomic E-state index is 0.0519. The molecule has 2 rings (SSSR count). The van der Waals surface area contributed by atoms with Gasteiger partial charge >= 0.3 is 0 Å². The molecule has 2 fully saturated rings. The molecule has 3 heteroatoms. The molecular formula is C16H29ClO2. The van der Waals surface area contributed by atoms with Crippen molar-refractivity contribution in [3.63, 3.8) is 0 Å². The van der Waals surface area contributed by atoms with Crippen LogP contribution in [0.3, 0.4) is 0 Å². The van der Waals surface area contributed by atoms with Gasteiger partial charge in [-0.3, -0.25) is 0 Å². The third-order valence-electron chi connectivity index (χ3n) is 4.54. The maximum Gasteiger partial charge on any atom is 0.160 e. The minimum Gasteiger partial charge on any atom is -0.352 e. The molecule has 2 nitrogen and oxygen atoms in total. The molecule has 0 unspecified atom stereocenters. The van der Waals surface area contributed by atoms with E-state index in [1.54, 1.807) is 0 Å². The summed E-state index contributed by atoms with van der Waals surface area (Å²) in [5.41, 5.74) is 0. The average molecular weight is 289 g/mol. The number of hydrogen-bond acceptors (Lipinski definition) is 2. The van der Waals surface area contributed by atoms with Crippen LogP contribution in [0.5, 0.6) is 0 Å². The van der Waals surface area contributed by atoms with Crippen LogP contribution in [0, 0.1) is 11.8 Å². The van der Waals surface area contributed by atoms with Crippen LogP contribution in [0.1, 0.15) is 64.7 Å². The number of ether oxygens (including phenoxy) is 2. The molecule has 0 N–H and O–H groups in total.